The Hall–Kier alpha value is -1.86. The zero-order valence-corrected chi connectivity index (χ0v) is 6.45. The molecular weight excluding hydrogens is 205 g/mol. The van der Waals surface area contributed by atoms with Crippen molar-refractivity contribution in [3.8, 4) is 5.75 Å². The van der Waals surface area contributed by atoms with Crippen molar-refractivity contribution in [1.29, 1.82) is 0 Å². The van der Waals surface area contributed by atoms with E-state index in [1.807, 2.05) is 0 Å². The normalized spacial score (nSPS) is 10.6. The Morgan fingerprint density at radius 3 is 2.57 bits per heavy atom. The van der Waals surface area contributed by atoms with Crippen LogP contribution in [0.1, 0.15) is 12.0 Å². The van der Waals surface area contributed by atoms with E-state index in [0.717, 1.165) is 0 Å². The fourth-order valence-electron chi connectivity index (χ4n) is 0.823. The lowest BCUT2D eigenvalue weighted by Crippen LogP contribution is -1.99. The highest BCUT2D eigenvalue weighted by molar-refractivity contribution is 5.45. The lowest BCUT2D eigenvalue weighted by Gasteiger charge is -2.02. The largest absolute Gasteiger partial charge is 0.501 e. The van der Waals surface area contributed by atoms with E-state index in [-0.39, 0.29) is 6.20 Å². The molecule has 5 nitrogen and oxygen atoms in total. The number of rotatable bonds is 2. The zero-order chi connectivity index (χ0) is 10.9. The van der Waals surface area contributed by atoms with Gasteiger partial charge in [-0.25, -0.2) is 13.2 Å². The SMILES string of the molecule is O=[N+]([O-])c1ncc(F)c(C(F)F)c1O. The van der Waals surface area contributed by atoms with E-state index in [9.17, 15) is 23.3 Å². The molecule has 1 heterocycles. The summed E-state index contributed by atoms with van der Waals surface area (Å²) < 4.78 is 36.8. The Bertz CT molecular complexity index is 383. The van der Waals surface area contributed by atoms with Crippen LogP contribution in [0, 0.1) is 15.9 Å². The van der Waals surface area contributed by atoms with Gasteiger partial charge in [0.15, 0.2) is 12.0 Å². The number of aromatic nitrogens is 1. The molecule has 0 bridgehead atoms. The number of nitrogens with zero attached hydrogens (tertiary/aromatic N) is 2. The van der Waals surface area contributed by atoms with Crippen LogP contribution < -0.4 is 0 Å². The van der Waals surface area contributed by atoms with Gasteiger partial charge in [0, 0.05) is 0 Å². The Morgan fingerprint density at radius 2 is 2.14 bits per heavy atom. The summed E-state index contributed by atoms with van der Waals surface area (Å²) in [6.07, 6.45) is -3.07. The minimum atomic E-state index is -3.34. The van der Waals surface area contributed by atoms with Crippen molar-refractivity contribution in [3.63, 3.8) is 0 Å². The van der Waals surface area contributed by atoms with E-state index in [1.165, 1.54) is 0 Å². The molecule has 0 atom stereocenters. The average Bonchev–Trinajstić information content (AvgIpc) is 2.02. The molecule has 1 rings (SSSR count). The highest BCUT2D eigenvalue weighted by atomic mass is 19.3. The van der Waals surface area contributed by atoms with Crippen LogP contribution in [-0.4, -0.2) is 15.0 Å². The highest BCUT2D eigenvalue weighted by Crippen LogP contribution is 2.35. The first kappa shape index (κ1) is 10.2. The van der Waals surface area contributed by atoms with Crippen molar-refractivity contribution in [3.05, 3.63) is 27.7 Å². The maximum atomic E-state index is 12.6. The van der Waals surface area contributed by atoms with E-state index in [0.29, 0.717) is 0 Å². The van der Waals surface area contributed by atoms with E-state index in [1.54, 1.807) is 0 Å². The molecule has 0 unspecified atom stereocenters. The van der Waals surface area contributed by atoms with Gasteiger partial charge in [0.05, 0.1) is 0 Å². The van der Waals surface area contributed by atoms with Gasteiger partial charge in [0.25, 0.3) is 6.43 Å². The molecule has 0 saturated carbocycles. The van der Waals surface area contributed by atoms with Gasteiger partial charge < -0.3 is 15.2 Å². The van der Waals surface area contributed by atoms with Crippen molar-refractivity contribution in [2.75, 3.05) is 0 Å². The lowest BCUT2D eigenvalue weighted by atomic mass is 10.2. The number of hydrogen-bond acceptors (Lipinski definition) is 4. The molecular formula is C6H3F3N2O3. The summed E-state index contributed by atoms with van der Waals surface area (Å²) >= 11 is 0. The van der Waals surface area contributed by atoms with Crippen LogP contribution in [0.3, 0.4) is 0 Å². The van der Waals surface area contributed by atoms with Crippen LogP contribution in [0.15, 0.2) is 6.20 Å². The molecule has 76 valence electrons. The second kappa shape index (κ2) is 3.48. The number of pyridine rings is 1. The van der Waals surface area contributed by atoms with Crippen LogP contribution in [0.4, 0.5) is 19.0 Å². The summed E-state index contributed by atoms with van der Waals surface area (Å²) in [4.78, 5) is 11.8. The van der Waals surface area contributed by atoms with Crippen LogP contribution in [0.25, 0.3) is 0 Å². The molecule has 0 fully saturated rings. The summed E-state index contributed by atoms with van der Waals surface area (Å²) in [6.45, 7) is 0. The maximum absolute atomic E-state index is 12.6. The van der Waals surface area contributed by atoms with Gasteiger partial charge in [-0.1, -0.05) is 0 Å². The Balaban J connectivity index is 3.41. The summed E-state index contributed by atoms with van der Waals surface area (Å²) in [5.74, 6) is -4.12. The van der Waals surface area contributed by atoms with Crippen LogP contribution >= 0.6 is 0 Å². The first-order chi connectivity index (χ1) is 6.45. The second-order valence-electron chi connectivity index (χ2n) is 2.25. The van der Waals surface area contributed by atoms with Crippen LogP contribution in [0.2, 0.25) is 0 Å². The molecule has 0 spiro atoms. The molecule has 14 heavy (non-hydrogen) atoms. The molecule has 0 aromatic carbocycles. The average molecular weight is 208 g/mol. The number of hydrogen-bond donors (Lipinski definition) is 1. The molecule has 1 aromatic heterocycles. The van der Waals surface area contributed by atoms with Gasteiger partial charge in [-0.3, -0.25) is 0 Å². The quantitative estimate of drug-likeness (QED) is 0.593. The molecule has 0 aliphatic heterocycles. The number of alkyl halides is 2. The lowest BCUT2D eigenvalue weighted by molar-refractivity contribution is -0.390. The van der Waals surface area contributed by atoms with E-state index < -0.39 is 34.3 Å². The summed E-state index contributed by atoms with van der Waals surface area (Å²) in [6, 6.07) is 0. The van der Waals surface area contributed by atoms with Crippen molar-refractivity contribution < 1.29 is 23.2 Å². The predicted octanol–water partition coefficient (Wildman–Crippen LogP) is 1.77. The third-order valence-corrected chi connectivity index (χ3v) is 1.42. The molecule has 8 heteroatoms. The number of halogens is 3. The third kappa shape index (κ3) is 1.58. The third-order valence-electron chi connectivity index (χ3n) is 1.42. The topological polar surface area (TPSA) is 76.3 Å². The van der Waals surface area contributed by atoms with Crippen molar-refractivity contribution in [2.45, 2.75) is 6.43 Å². The van der Waals surface area contributed by atoms with E-state index >= 15 is 0 Å². The molecule has 0 aliphatic rings. The van der Waals surface area contributed by atoms with Gasteiger partial charge >= 0.3 is 5.82 Å². The minimum absolute atomic E-state index is 0.263. The molecule has 1 aromatic rings. The van der Waals surface area contributed by atoms with Crippen LogP contribution in [0.5, 0.6) is 5.75 Å². The van der Waals surface area contributed by atoms with Gasteiger partial charge in [-0.2, -0.15) is 0 Å². The first-order valence-corrected chi connectivity index (χ1v) is 3.25. The Kier molecular flexibility index (Phi) is 2.54. The minimum Gasteiger partial charge on any atom is -0.501 e. The fourth-order valence-corrected chi connectivity index (χ4v) is 0.823. The monoisotopic (exact) mass is 208 g/mol. The predicted molar refractivity (Wildman–Crippen MR) is 37.5 cm³/mol. The van der Waals surface area contributed by atoms with E-state index in [4.69, 9.17) is 5.11 Å². The standard InChI is InChI=1S/C6H3F3N2O3/c7-2-1-10-6(11(13)14)4(12)3(2)5(8)9/h1,5,12H. The Morgan fingerprint density at radius 1 is 1.57 bits per heavy atom. The zero-order valence-electron chi connectivity index (χ0n) is 6.45. The number of aromatic hydroxyl groups is 1. The summed E-state index contributed by atoms with van der Waals surface area (Å²) in [7, 11) is 0. The van der Waals surface area contributed by atoms with Crippen molar-refractivity contribution in [2.24, 2.45) is 0 Å². The van der Waals surface area contributed by atoms with E-state index in [2.05, 4.69) is 4.98 Å². The summed E-state index contributed by atoms with van der Waals surface area (Å²) in [5.41, 5.74) is -1.41. The summed E-state index contributed by atoms with van der Waals surface area (Å²) in [5, 5.41) is 19.0. The molecule has 0 aliphatic carbocycles. The van der Waals surface area contributed by atoms with Gasteiger partial charge in [0.2, 0.25) is 5.75 Å². The van der Waals surface area contributed by atoms with Crippen molar-refractivity contribution in [1.82, 2.24) is 4.98 Å². The maximum Gasteiger partial charge on any atom is 0.406 e. The molecule has 0 amide bonds. The smallest absolute Gasteiger partial charge is 0.406 e. The van der Waals surface area contributed by atoms with Gasteiger partial charge in [0.1, 0.15) is 5.56 Å². The fraction of sp³-hybridized carbons (Fsp3) is 0.167. The molecule has 0 saturated heterocycles. The van der Waals surface area contributed by atoms with Crippen molar-refractivity contribution >= 4 is 5.82 Å². The molecule has 1 N–H and O–H groups in total. The second-order valence-corrected chi connectivity index (χ2v) is 2.25. The van der Waals surface area contributed by atoms with Gasteiger partial charge in [-0.05, 0) is 9.91 Å². The number of nitro groups is 1. The first-order valence-electron chi connectivity index (χ1n) is 3.25. The highest BCUT2D eigenvalue weighted by Gasteiger charge is 2.28. The Labute approximate surface area is 75.0 Å². The molecule has 0 radical (unpaired) electrons. The van der Waals surface area contributed by atoms with Crippen LogP contribution in [-0.2, 0) is 0 Å². The van der Waals surface area contributed by atoms with Gasteiger partial charge in [-0.15, -0.1) is 0 Å².